The number of nitrogens with two attached hydrogens (primary N) is 1. The quantitative estimate of drug-likeness (QED) is 0.117. The van der Waals surface area contributed by atoms with E-state index in [1.807, 2.05) is 91.0 Å². The Morgan fingerprint density at radius 3 is 1.58 bits per heavy atom. The van der Waals surface area contributed by atoms with Gasteiger partial charge in [-0.2, -0.15) is 0 Å². The molecule has 1 fully saturated rings. The summed E-state index contributed by atoms with van der Waals surface area (Å²) in [6.07, 6.45) is 5.95. The Labute approximate surface area is 325 Å². The molecular formula is C40H37Br2ClN6O3. The van der Waals surface area contributed by atoms with Gasteiger partial charge in [0.25, 0.3) is 11.1 Å². The Hall–Kier alpha value is -5.07. The molecule has 7 rings (SSSR count). The molecule has 52 heavy (non-hydrogen) atoms. The van der Waals surface area contributed by atoms with Crippen molar-refractivity contribution in [1.82, 2.24) is 9.97 Å². The van der Waals surface area contributed by atoms with Gasteiger partial charge in [-0.3, -0.25) is 9.59 Å². The topological polar surface area (TPSA) is 131 Å². The van der Waals surface area contributed by atoms with Gasteiger partial charge >= 0.3 is 0 Å². The van der Waals surface area contributed by atoms with Crippen molar-refractivity contribution in [2.75, 3.05) is 34.9 Å². The van der Waals surface area contributed by atoms with Crippen LogP contribution < -0.4 is 21.7 Å². The van der Waals surface area contributed by atoms with E-state index in [2.05, 4.69) is 57.8 Å². The number of nitrogens with one attached hydrogen (secondary N) is 3. The summed E-state index contributed by atoms with van der Waals surface area (Å²) in [7, 11) is 0. The number of nitrogen functional groups attached to an aromatic ring is 1. The molecule has 0 saturated carbocycles. The largest absolute Gasteiger partial charge is 0.396 e. The van der Waals surface area contributed by atoms with Gasteiger partial charge in [0.05, 0.1) is 11.4 Å². The fourth-order valence-corrected chi connectivity index (χ4v) is 4.99. The summed E-state index contributed by atoms with van der Waals surface area (Å²) < 4.78 is 6.82. The van der Waals surface area contributed by atoms with Gasteiger partial charge in [-0.25, -0.2) is 9.97 Å². The van der Waals surface area contributed by atoms with E-state index in [9.17, 15) is 9.59 Å². The maximum absolute atomic E-state index is 12.3. The van der Waals surface area contributed by atoms with Crippen molar-refractivity contribution in [3.8, 4) is 0 Å². The average Bonchev–Trinajstić information content (AvgIpc) is 3.76. The van der Waals surface area contributed by atoms with E-state index in [1.165, 1.54) is 12.8 Å². The first-order chi connectivity index (χ1) is 25.3. The van der Waals surface area contributed by atoms with E-state index >= 15 is 0 Å². The zero-order chi connectivity index (χ0) is 37.0. The van der Waals surface area contributed by atoms with Crippen LogP contribution >= 0.6 is 43.5 Å². The number of ether oxygens (including phenoxy) is 1. The number of benzene rings is 4. The number of carbonyl (C=O) groups is 2. The van der Waals surface area contributed by atoms with Gasteiger partial charge in [0, 0.05) is 57.1 Å². The zero-order valence-corrected chi connectivity index (χ0v) is 31.9. The molecule has 0 unspecified atom stereocenters. The Kier molecular flexibility index (Phi) is 16.8. The summed E-state index contributed by atoms with van der Waals surface area (Å²) in [5, 5.41) is 8.80. The molecule has 0 bridgehead atoms. The van der Waals surface area contributed by atoms with Gasteiger partial charge in [0.2, 0.25) is 0 Å². The highest BCUT2D eigenvalue weighted by molar-refractivity contribution is 9.10. The van der Waals surface area contributed by atoms with Crippen LogP contribution in [0.3, 0.4) is 0 Å². The number of hydrogen-bond donors (Lipinski definition) is 4. The van der Waals surface area contributed by atoms with Gasteiger partial charge in [-0.15, -0.1) is 0 Å². The summed E-state index contributed by atoms with van der Waals surface area (Å²) in [6.45, 7) is 2.00. The number of anilines is 6. The summed E-state index contributed by atoms with van der Waals surface area (Å²) in [5.41, 5.74) is 10.0. The summed E-state index contributed by atoms with van der Waals surface area (Å²) >= 11 is 11.8. The number of para-hydroxylation sites is 2. The van der Waals surface area contributed by atoms with Crippen molar-refractivity contribution in [1.29, 1.82) is 0 Å². The SMILES string of the molecule is C1CCOC1.Nc1cccnc1Nc1ccccc1.O=C(Cl)c1ccc(Br)cc1.O=C(Nc1cccnc1Nc1ccccc1)c1ccc(Br)cc1. The van der Waals surface area contributed by atoms with Crippen LogP contribution in [0.25, 0.3) is 0 Å². The second-order valence-electron chi connectivity index (χ2n) is 10.9. The highest BCUT2D eigenvalue weighted by Gasteiger charge is 2.10. The minimum absolute atomic E-state index is 0.179. The summed E-state index contributed by atoms with van der Waals surface area (Å²) in [4.78, 5) is 31.3. The molecule has 266 valence electrons. The normalized spacial score (nSPS) is 11.2. The van der Waals surface area contributed by atoms with Gasteiger partial charge in [0.15, 0.2) is 11.6 Å². The lowest BCUT2D eigenvalue weighted by atomic mass is 10.2. The molecule has 0 spiro atoms. The van der Waals surface area contributed by atoms with E-state index in [0.717, 1.165) is 33.5 Å². The first-order valence-corrected chi connectivity index (χ1v) is 18.1. The Bertz CT molecular complexity index is 1960. The van der Waals surface area contributed by atoms with Crippen LogP contribution in [0.4, 0.5) is 34.4 Å². The van der Waals surface area contributed by atoms with Crippen molar-refractivity contribution in [3.05, 3.63) is 166 Å². The highest BCUT2D eigenvalue weighted by Crippen LogP contribution is 2.24. The molecule has 1 amide bonds. The molecule has 9 nitrogen and oxygen atoms in total. The van der Waals surface area contributed by atoms with Crippen LogP contribution in [-0.4, -0.2) is 34.3 Å². The molecule has 12 heteroatoms. The number of carbonyl (C=O) groups excluding carboxylic acids is 2. The second-order valence-corrected chi connectivity index (χ2v) is 13.1. The minimum Gasteiger partial charge on any atom is -0.396 e. The van der Waals surface area contributed by atoms with Crippen molar-refractivity contribution >= 4 is 89.0 Å². The number of nitrogens with zero attached hydrogens (tertiary/aromatic N) is 2. The lowest BCUT2D eigenvalue weighted by Gasteiger charge is -2.12. The molecule has 4 aromatic carbocycles. The van der Waals surface area contributed by atoms with Crippen LogP contribution in [-0.2, 0) is 4.74 Å². The highest BCUT2D eigenvalue weighted by atomic mass is 79.9. The predicted octanol–water partition coefficient (Wildman–Crippen LogP) is 10.9. The summed E-state index contributed by atoms with van der Waals surface area (Å²) in [5.74, 6) is 1.12. The molecule has 1 aliphatic rings. The predicted molar refractivity (Wildman–Crippen MR) is 219 cm³/mol. The standard InChI is InChI=1S/C18H14BrN3O.C11H11N3.C7H4BrClO.C4H8O/c19-14-10-8-13(9-11-14)18(23)22-16-7-4-12-20-17(16)21-15-5-2-1-3-6-15;12-10-7-4-8-13-11(10)14-9-5-2-1-3-6-9;8-6-3-1-5(2-4-6)7(9)10;1-2-4-5-3-1/h1-12H,(H,20,21)(H,22,23);1-8H,12H2,(H,13,14);1-4H;1-4H2. The van der Waals surface area contributed by atoms with E-state index in [-0.39, 0.29) is 5.91 Å². The number of pyridine rings is 2. The molecule has 6 aromatic rings. The molecule has 0 radical (unpaired) electrons. The lowest BCUT2D eigenvalue weighted by Crippen LogP contribution is -2.13. The first kappa shape index (κ1) is 39.7. The number of amides is 1. The van der Waals surface area contributed by atoms with Crippen LogP contribution in [0.1, 0.15) is 33.6 Å². The second kappa shape index (κ2) is 22.0. The van der Waals surface area contributed by atoms with Gasteiger partial charge in [-0.05, 0) is 122 Å². The number of aromatic nitrogens is 2. The zero-order valence-electron chi connectivity index (χ0n) is 28.0. The Morgan fingerprint density at radius 1 is 0.615 bits per heavy atom. The van der Waals surface area contributed by atoms with E-state index < -0.39 is 5.24 Å². The van der Waals surface area contributed by atoms with Crippen molar-refractivity contribution < 1.29 is 14.3 Å². The van der Waals surface area contributed by atoms with Gasteiger partial charge in [-0.1, -0.05) is 68.3 Å². The summed E-state index contributed by atoms with van der Waals surface area (Å²) in [6, 6.07) is 40.8. The first-order valence-electron chi connectivity index (χ1n) is 16.2. The smallest absolute Gasteiger partial charge is 0.255 e. The molecule has 3 heterocycles. The average molecular weight is 845 g/mol. The van der Waals surface area contributed by atoms with Crippen molar-refractivity contribution in [2.24, 2.45) is 0 Å². The fraction of sp³-hybridized carbons (Fsp3) is 0.100. The third-order valence-electron chi connectivity index (χ3n) is 6.97. The maximum atomic E-state index is 12.3. The van der Waals surface area contributed by atoms with Crippen LogP contribution in [0.5, 0.6) is 0 Å². The Morgan fingerprint density at radius 2 is 1.10 bits per heavy atom. The molecule has 1 aliphatic heterocycles. The van der Waals surface area contributed by atoms with E-state index in [4.69, 9.17) is 22.1 Å². The lowest BCUT2D eigenvalue weighted by molar-refractivity contribution is 0.102. The Balaban J connectivity index is 0.000000176. The van der Waals surface area contributed by atoms with Gasteiger partial charge < -0.3 is 26.4 Å². The molecule has 0 aliphatic carbocycles. The molecule has 5 N–H and O–H groups in total. The number of rotatable bonds is 7. The number of hydrogen-bond acceptors (Lipinski definition) is 8. The van der Waals surface area contributed by atoms with Crippen molar-refractivity contribution in [3.63, 3.8) is 0 Å². The molecule has 1 saturated heterocycles. The fourth-order valence-electron chi connectivity index (χ4n) is 4.33. The molecular weight excluding hydrogens is 808 g/mol. The van der Waals surface area contributed by atoms with Crippen molar-refractivity contribution in [2.45, 2.75) is 12.8 Å². The van der Waals surface area contributed by atoms with E-state index in [1.54, 1.807) is 54.9 Å². The third-order valence-corrected chi connectivity index (χ3v) is 8.25. The van der Waals surface area contributed by atoms with E-state index in [0.29, 0.717) is 34.1 Å². The maximum Gasteiger partial charge on any atom is 0.255 e. The van der Waals surface area contributed by atoms with Gasteiger partial charge in [0.1, 0.15) is 0 Å². The van der Waals surface area contributed by atoms with Crippen LogP contribution in [0.15, 0.2) is 155 Å². The van der Waals surface area contributed by atoms with Crippen LogP contribution in [0.2, 0.25) is 0 Å². The molecule has 0 atom stereocenters. The monoisotopic (exact) mass is 842 g/mol. The van der Waals surface area contributed by atoms with Crippen LogP contribution in [0, 0.1) is 0 Å². The number of halogens is 3. The molecule has 2 aromatic heterocycles. The third kappa shape index (κ3) is 14.3. The minimum atomic E-state index is -0.424.